The summed E-state index contributed by atoms with van der Waals surface area (Å²) in [5.74, 6) is -0.478. The second kappa shape index (κ2) is 8.59. The van der Waals surface area contributed by atoms with Gasteiger partial charge in [0, 0.05) is 24.4 Å². The van der Waals surface area contributed by atoms with Crippen LogP contribution in [0.15, 0.2) is 47.6 Å². The van der Waals surface area contributed by atoms with Gasteiger partial charge >= 0.3 is 5.69 Å². The van der Waals surface area contributed by atoms with Gasteiger partial charge in [-0.2, -0.15) is 5.10 Å². The molecule has 2 aromatic rings. The number of hydrazone groups is 1. The quantitative estimate of drug-likeness (QED) is 0.430. The lowest BCUT2D eigenvalue weighted by molar-refractivity contribution is -0.385. The highest BCUT2D eigenvalue weighted by Gasteiger charge is 2.28. The number of ether oxygens (including phenoxy) is 1. The van der Waals surface area contributed by atoms with Crippen LogP contribution in [0.2, 0.25) is 0 Å². The van der Waals surface area contributed by atoms with Gasteiger partial charge in [-0.05, 0) is 62.6 Å². The third kappa shape index (κ3) is 4.74. The maximum absolute atomic E-state index is 12.0. The molecule has 1 heterocycles. The van der Waals surface area contributed by atoms with Crippen LogP contribution >= 0.6 is 0 Å². The van der Waals surface area contributed by atoms with Gasteiger partial charge in [0.15, 0.2) is 12.4 Å². The Hall–Kier alpha value is -3.68. The molecule has 0 aromatic heterocycles. The molecule has 0 atom stereocenters. The largest absolute Gasteiger partial charge is 0.477 e. The van der Waals surface area contributed by atoms with E-state index in [0.29, 0.717) is 0 Å². The summed E-state index contributed by atoms with van der Waals surface area (Å²) >= 11 is 0. The minimum atomic E-state index is -0.556. The molecule has 8 nitrogen and oxygen atoms in total. The molecular formula is C23H26N4O4. The number of hydrogen-bond donors (Lipinski definition) is 1. The van der Waals surface area contributed by atoms with Crippen molar-refractivity contribution in [3.63, 3.8) is 0 Å². The summed E-state index contributed by atoms with van der Waals surface area (Å²) in [7, 11) is 2.08. The molecule has 3 rings (SSSR count). The van der Waals surface area contributed by atoms with Crippen LogP contribution in [0, 0.1) is 17.0 Å². The van der Waals surface area contributed by atoms with Crippen molar-refractivity contribution in [2.45, 2.75) is 33.2 Å². The maximum Gasteiger partial charge on any atom is 0.310 e. The first kappa shape index (κ1) is 22.0. The first-order valence-electron chi connectivity index (χ1n) is 9.86. The predicted octanol–water partition coefficient (Wildman–Crippen LogP) is 4.06. The summed E-state index contributed by atoms with van der Waals surface area (Å²) in [5, 5.41) is 15.0. The molecule has 31 heavy (non-hydrogen) atoms. The number of rotatable bonds is 6. The lowest BCUT2D eigenvalue weighted by Crippen LogP contribution is -2.42. The minimum Gasteiger partial charge on any atom is -0.477 e. The fourth-order valence-electron chi connectivity index (χ4n) is 3.54. The number of nitro groups is 1. The monoisotopic (exact) mass is 422 g/mol. The van der Waals surface area contributed by atoms with Crippen LogP contribution in [-0.2, 0) is 4.79 Å². The fourth-order valence-corrected chi connectivity index (χ4v) is 3.54. The van der Waals surface area contributed by atoms with Crippen LogP contribution < -0.4 is 15.1 Å². The van der Waals surface area contributed by atoms with Gasteiger partial charge in [-0.3, -0.25) is 14.9 Å². The number of carbonyl (C=O) groups excluding carboxylic acids is 1. The van der Waals surface area contributed by atoms with Crippen LogP contribution in [0.3, 0.4) is 0 Å². The summed E-state index contributed by atoms with van der Waals surface area (Å²) in [4.78, 5) is 24.7. The molecule has 0 unspecified atom stereocenters. The number of hydrogen-bond acceptors (Lipinski definition) is 6. The Morgan fingerprint density at radius 3 is 2.71 bits per heavy atom. The summed E-state index contributed by atoms with van der Waals surface area (Å²) in [6, 6.07) is 10.1. The maximum atomic E-state index is 12.0. The number of aryl methyl sites for hydroxylation is 1. The number of benzene rings is 2. The van der Waals surface area contributed by atoms with E-state index in [9.17, 15) is 14.9 Å². The van der Waals surface area contributed by atoms with E-state index in [4.69, 9.17) is 4.74 Å². The van der Waals surface area contributed by atoms with Crippen LogP contribution in [0.5, 0.6) is 5.75 Å². The van der Waals surface area contributed by atoms with Gasteiger partial charge in [-0.25, -0.2) is 5.43 Å². The summed E-state index contributed by atoms with van der Waals surface area (Å²) in [6.07, 6.45) is 3.82. The molecule has 0 spiro atoms. The third-order valence-electron chi connectivity index (χ3n) is 5.42. The molecule has 1 aliphatic heterocycles. The van der Waals surface area contributed by atoms with Gasteiger partial charge in [0.05, 0.1) is 16.7 Å². The second-order valence-electron chi connectivity index (χ2n) is 8.07. The Bertz CT molecular complexity index is 1090. The van der Waals surface area contributed by atoms with Gasteiger partial charge in [-0.15, -0.1) is 0 Å². The lowest BCUT2D eigenvalue weighted by Gasteiger charge is -2.41. The molecule has 0 bridgehead atoms. The van der Waals surface area contributed by atoms with Crippen LogP contribution in [0.4, 0.5) is 11.4 Å². The number of nitrogens with zero attached hydrogens (tertiary/aromatic N) is 3. The highest BCUT2D eigenvalue weighted by atomic mass is 16.6. The number of anilines is 1. The molecule has 8 heteroatoms. The van der Waals surface area contributed by atoms with E-state index >= 15 is 0 Å². The van der Waals surface area contributed by atoms with Crippen molar-refractivity contribution in [1.29, 1.82) is 0 Å². The van der Waals surface area contributed by atoms with Crippen molar-refractivity contribution >= 4 is 29.1 Å². The minimum absolute atomic E-state index is 0.0338. The van der Waals surface area contributed by atoms with E-state index < -0.39 is 10.8 Å². The highest BCUT2D eigenvalue weighted by molar-refractivity contribution is 5.90. The van der Waals surface area contributed by atoms with E-state index in [2.05, 4.69) is 61.5 Å². The average Bonchev–Trinajstić information content (AvgIpc) is 2.71. The number of allylic oxidation sites excluding steroid dienone is 1. The van der Waals surface area contributed by atoms with Crippen molar-refractivity contribution in [2.75, 3.05) is 18.6 Å². The molecule has 162 valence electrons. The lowest BCUT2D eigenvalue weighted by atomic mass is 9.87. The zero-order valence-corrected chi connectivity index (χ0v) is 18.3. The number of fused-ring (bicyclic) bond motifs is 1. The topological polar surface area (TPSA) is 97.1 Å². The van der Waals surface area contributed by atoms with Crippen LogP contribution in [0.1, 0.15) is 37.5 Å². The fraction of sp³-hybridized carbons (Fsp3) is 0.304. The Morgan fingerprint density at radius 1 is 1.29 bits per heavy atom. The molecule has 1 N–H and O–H groups in total. The predicted molar refractivity (Wildman–Crippen MR) is 122 cm³/mol. The van der Waals surface area contributed by atoms with Gasteiger partial charge < -0.3 is 9.64 Å². The zero-order chi connectivity index (χ0) is 22.8. The van der Waals surface area contributed by atoms with Gasteiger partial charge in [0.1, 0.15) is 0 Å². The second-order valence-corrected chi connectivity index (χ2v) is 8.07. The molecule has 0 radical (unpaired) electrons. The number of amides is 1. The number of carbonyl (C=O) groups is 1. The summed E-state index contributed by atoms with van der Waals surface area (Å²) < 4.78 is 5.27. The molecular weight excluding hydrogens is 396 g/mol. The van der Waals surface area contributed by atoms with Crippen LogP contribution in [0.25, 0.3) is 5.57 Å². The van der Waals surface area contributed by atoms with Crippen molar-refractivity contribution < 1.29 is 14.5 Å². The van der Waals surface area contributed by atoms with Crippen molar-refractivity contribution in [3.8, 4) is 5.75 Å². The number of nitro benzene ring substituents is 1. The third-order valence-corrected chi connectivity index (χ3v) is 5.42. The first-order chi connectivity index (χ1) is 14.6. The molecule has 2 aromatic carbocycles. The zero-order valence-electron chi connectivity index (χ0n) is 18.3. The molecule has 1 amide bonds. The summed E-state index contributed by atoms with van der Waals surface area (Å²) in [5.41, 5.74) is 7.53. The number of nitrogens with one attached hydrogen (secondary N) is 1. The van der Waals surface area contributed by atoms with E-state index in [1.54, 1.807) is 12.3 Å². The van der Waals surface area contributed by atoms with Gasteiger partial charge in [0.2, 0.25) is 0 Å². The van der Waals surface area contributed by atoms with Crippen LogP contribution in [-0.4, -0.2) is 36.2 Å². The molecule has 0 fully saturated rings. The molecule has 0 aliphatic carbocycles. The Labute approximate surface area is 181 Å². The molecule has 0 saturated carbocycles. The average molecular weight is 422 g/mol. The smallest absolute Gasteiger partial charge is 0.310 e. The van der Waals surface area contributed by atoms with E-state index in [1.807, 2.05) is 6.92 Å². The Kier molecular flexibility index (Phi) is 6.10. The highest BCUT2D eigenvalue weighted by Crippen LogP contribution is 2.38. The van der Waals surface area contributed by atoms with Crippen molar-refractivity contribution in [2.24, 2.45) is 5.10 Å². The first-order valence-corrected chi connectivity index (χ1v) is 9.86. The van der Waals surface area contributed by atoms with E-state index in [1.165, 1.54) is 23.8 Å². The normalized spacial score (nSPS) is 14.7. The molecule has 0 saturated heterocycles. The Morgan fingerprint density at radius 2 is 2.00 bits per heavy atom. The van der Waals surface area contributed by atoms with Crippen molar-refractivity contribution in [1.82, 2.24) is 5.43 Å². The SMILES string of the molecule is CC1=CC(C)(C)N(C)c2cc(C)c(/C=N\NC(=O)COc3ccccc3[N+](=O)[O-])cc21. The van der Waals surface area contributed by atoms with Gasteiger partial charge in [-0.1, -0.05) is 18.2 Å². The number of para-hydroxylation sites is 2. The Balaban J connectivity index is 1.67. The van der Waals surface area contributed by atoms with Gasteiger partial charge in [0.25, 0.3) is 5.91 Å². The van der Waals surface area contributed by atoms with E-state index in [-0.39, 0.29) is 23.6 Å². The summed E-state index contributed by atoms with van der Waals surface area (Å²) in [6.45, 7) is 8.05. The molecule has 1 aliphatic rings. The number of likely N-dealkylation sites (N-methyl/N-ethyl adjacent to an activating group) is 1. The van der Waals surface area contributed by atoms with E-state index in [0.717, 1.165) is 22.4 Å². The van der Waals surface area contributed by atoms with Crippen molar-refractivity contribution in [3.05, 3.63) is 69.3 Å². The standard InChI is InChI=1S/C23H26N4O4/c1-15-10-20-18(16(2)12-23(3,4)26(20)5)11-17(15)13-24-25-22(28)14-31-21-9-7-6-8-19(21)27(29)30/h6-13H,14H2,1-5H3,(H,25,28)/b24-13-.